The molecule has 2 rings (SSSR count). The molecule has 0 spiro atoms. The highest BCUT2D eigenvalue weighted by Crippen LogP contribution is 2.28. The van der Waals surface area contributed by atoms with Gasteiger partial charge in [0.15, 0.2) is 0 Å². The molecule has 0 aromatic heterocycles. The highest BCUT2D eigenvalue weighted by molar-refractivity contribution is 7.92. The lowest BCUT2D eigenvalue weighted by Gasteiger charge is -2.13. The standard InChI is InChI=1S/C18H19ClN2O6S/c1-4-20-17(22)13-10-12(6-8-16(13)26-2)28(24,25)21-15-9-11(18(23)27-3)5-7-14(15)19/h5-10,21H,4H2,1-3H3,(H,20,22). The summed E-state index contributed by atoms with van der Waals surface area (Å²) in [4.78, 5) is 23.7. The fourth-order valence-electron chi connectivity index (χ4n) is 2.34. The summed E-state index contributed by atoms with van der Waals surface area (Å²) in [5.74, 6) is -0.877. The minimum absolute atomic E-state index is 0.0000514. The molecular formula is C18H19ClN2O6S. The van der Waals surface area contributed by atoms with Crippen LogP contribution in [-0.2, 0) is 14.8 Å². The molecular weight excluding hydrogens is 408 g/mol. The molecule has 0 unspecified atom stereocenters. The van der Waals surface area contributed by atoms with Gasteiger partial charge in [-0.15, -0.1) is 0 Å². The van der Waals surface area contributed by atoms with Gasteiger partial charge in [0.25, 0.3) is 15.9 Å². The molecule has 1 amide bonds. The summed E-state index contributed by atoms with van der Waals surface area (Å²) in [5, 5.41) is 2.69. The number of halogens is 1. The van der Waals surface area contributed by atoms with Crippen molar-refractivity contribution in [2.45, 2.75) is 11.8 Å². The predicted octanol–water partition coefficient (Wildman–Crippen LogP) is 2.69. The van der Waals surface area contributed by atoms with Crippen molar-refractivity contribution >= 4 is 39.2 Å². The van der Waals surface area contributed by atoms with Crippen molar-refractivity contribution in [2.24, 2.45) is 0 Å². The average molecular weight is 427 g/mol. The van der Waals surface area contributed by atoms with Crippen molar-refractivity contribution in [1.29, 1.82) is 0 Å². The summed E-state index contributed by atoms with van der Waals surface area (Å²) in [6.07, 6.45) is 0. The van der Waals surface area contributed by atoms with Crippen LogP contribution in [0.5, 0.6) is 5.75 Å². The van der Waals surface area contributed by atoms with Crippen LogP contribution < -0.4 is 14.8 Å². The van der Waals surface area contributed by atoms with Gasteiger partial charge >= 0.3 is 5.97 Å². The Morgan fingerprint density at radius 2 is 1.82 bits per heavy atom. The molecule has 10 heteroatoms. The van der Waals surface area contributed by atoms with E-state index in [0.29, 0.717) is 6.54 Å². The minimum Gasteiger partial charge on any atom is -0.496 e. The Morgan fingerprint density at radius 3 is 2.43 bits per heavy atom. The smallest absolute Gasteiger partial charge is 0.337 e. The second-order valence-electron chi connectivity index (χ2n) is 5.51. The molecule has 0 radical (unpaired) electrons. The van der Waals surface area contributed by atoms with E-state index in [0.717, 1.165) is 0 Å². The third-order valence-electron chi connectivity index (χ3n) is 3.69. The lowest BCUT2D eigenvalue weighted by Crippen LogP contribution is -2.24. The van der Waals surface area contributed by atoms with Crippen LogP contribution in [0.3, 0.4) is 0 Å². The van der Waals surface area contributed by atoms with E-state index in [9.17, 15) is 18.0 Å². The minimum atomic E-state index is -4.10. The van der Waals surface area contributed by atoms with Crippen molar-refractivity contribution in [1.82, 2.24) is 5.32 Å². The summed E-state index contributed by atoms with van der Waals surface area (Å²) in [7, 11) is -1.52. The predicted molar refractivity (Wildman–Crippen MR) is 105 cm³/mol. The zero-order chi connectivity index (χ0) is 20.9. The van der Waals surface area contributed by atoms with Gasteiger partial charge in [0.1, 0.15) is 5.75 Å². The Morgan fingerprint density at radius 1 is 1.11 bits per heavy atom. The molecule has 0 saturated heterocycles. The van der Waals surface area contributed by atoms with E-state index >= 15 is 0 Å². The van der Waals surface area contributed by atoms with Crippen LogP contribution in [0, 0.1) is 0 Å². The van der Waals surface area contributed by atoms with Gasteiger partial charge in [-0.05, 0) is 43.3 Å². The maximum Gasteiger partial charge on any atom is 0.337 e. The Kier molecular flexibility index (Phi) is 6.87. The number of rotatable bonds is 7. The SMILES string of the molecule is CCNC(=O)c1cc(S(=O)(=O)Nc2cc(C(=O)OC)ccc2Cl)ccc1OC. The van der Waals surface area contributed by atoms with Crippen molar-refractivity contribution in [3.63, 3.8) is 0 Å². The highest BCUT2D eigenvalue weighted by atomic mass is 35.5. The van der Waals surface area contributed by atoms with E-state index in [1.807, 2.05) is 0 Å². The van der Waals surface area contributed by atoms with Gasteiger partial charge < -0.3 is 14.8 Å². The Labute approximate surface area is 167 Å². The van der Waals surface area contributed by atoms with Gasteiger partial charge in [0.05, 0.1) is 41.0 Å². The highest BCUT2D eigenvalue weighted by Gasteiger charge is 2.21. The third-order valence-corrected chi connectivity index (χ3v) is 5.39. The third kappa shape index (κ3) is 4.73. The molecule has 0 heterocycles. The van der Waals surface area contributed by atoms with Crippen LogP contribution in [0.2, 0.25) is 5.02 Å². The number of hydrogen-bond donors (Lipinski definition) is 2. The average Bonchev–Trinajstić information content (AvgIpc) is 2.68. The van der Waals surface area contributed by atoms with Crippen LogP contribution in [0.25, 0.3) is 0 Å². The maximum absolute atomic E-state index is 12.8. The first-order chi connectivity index (χ1) is 13.2. The molecule has 0 aliphatic carbocycles. The van der Waals surface area contributed by atoms with Crippen LogP contribution in [-0.4, -0.2) is 41.1 Å². The summed E-state index contributed by atoms with van der Waals surface area (Å²) < 4.78 is 37.6. The fraction of sp³-hybridized carbons (Fsp3) is 0.222. The molecule has 0 bridgehead atoms. The van der Waals surface area contributed by atoms with Crippen molar-refractivity contribution in [3.8, 4) is 5.75 Å². The maximum atomic E-state index is 12.8. The Hall–Kier alpha value is -2.78. The van der Waals surface area contributed by atoms with E-state index < -0.39 is 21.9 Å². The quantitative estimate of drug-likeness (QED) is 0.658. The molecule has 0 atom stereocenters. The number of methoxy groups -OCH3 is 2. The monoisotopic (exact) mass is 426 g/mol. The van der Waals surface area contributed by atoms with Gasteiger partial charge in [0.2, 0.25) is 0 Å². The molecule has 0 fully saturated rings. The van der Waals surface area contributed by atoms with E-state index in [1.54, 1.807) is 6.92 Å². The molecule has 0 saturated carbocycles. The topological polar surface area (TPSA) is 111 Å². The fourth-order valence-corrected chi connectivity index (χ4v) is 3.66. The van der Waals surface area contributed by atoms with Crippen molar-refractivity contribution in [3.05, 3.63) is 52.5 Å². The number of amides is 1. The van der Waals surface area contributed by atoms with Gasteiger partial charge in [-0.2, -0.15) is 0 Å². The first-order valence-electron chi connectivity index (χ1n) is 8.10. The van der Waals surface area contributed by atoms with Crippen molar-refractivity contribution in [2.75, 3.05) is 25.5 Å². The molecule has 0 aliphatic heterocycles. The van der Waals surface area contributed by atoms with Crippen LogP contribution in [0.4, 0.5) is 5.69 Å². The normalized spacial score (nSPS) is 10.9. The number of carbonyl (C=O) groups is 2. The van der Waals surface area contributed by atoms with E-state index in [2.05, 4.69) is 14.8 Å². The van der Waals surface area contributed by atoms with E-state index in [1.165, 1.54) is 50.6 Å². The summed E-state index contributed by atoms with van der Waals surface area (Å²) in [6.45, 7) is 2.11. The molecule has 0 aliphatic rings. The van der Waals surface area contributed by atoms with Crippen LogP contribution in [0.1, 0.15) is 27.6 Å². The number of hydrogen-bond acceptors (Lipinski definition) is 6. The molecule has 2 aromatic rings. The van der Waals surface area contributed by atoms with Gasteiger partial charge in [-0.25, -0.2) is 13.2 Å². The molecule has 150 valence electrons. The largest absolute Gasteiger partial charge is 0.496 e. The number of nitrogens with one attached hydrogen (secondary N) is 2. The van der Waals surface area contributed by atoms with Crippen molar-refractivity contribution < 1.29 is 27.5 Å². The Balaban J connectivity index is 2.44. The summed E-state index contributed by atoms with van der Waals surface area (Å²) in [6, 6.07) is 7.92. The number of sulfonamides is 1. The number of anilines is 1. The number of esters is 1. The van der Waals surface area contributed by atoms with Gasteiger partial charge in [-0.3, -0.25) is 9.52 Å². The second kappa shape index (κ2) is 8.94. The zero-order valence-electron chi connectivity index (χ0n) is 15.4. The number of ether oxygens (including phenoxy) is 2. The number of benzene rings is 2. The van der Waals surface area contributed by atoms with Gasteiger partial charge in [0, 0.05) is 6.54 Å². The molecule has 2 aromatic carbocycles. The zero-order valence-corrected chi connectivity index (χ0v) is 17.0. The molecule has 2 N–H and O–H groups in total. The first-order valence-corrected chi connectivity index (χ1v) is 9.96. The number of carbonyl (C=O) groups excluding carboxylic acids is 2. The molecule has 8 nitrogen and oxygen atoms in total. The van der Waals surface area contributed by atoms with Gasteiger partial charge in [-0.1, -0.05) is 11.6 Å². The lowest BCUT2D eigenvalue weighted by atomic mass is 10.2. The summed E-state index contributed by atoms with van der Waals surface area (Å²) >= 11 is 6.05. The van der Waals surface area contributed by atoms with E-state index in [4.69, 9.17) is 16.3 Å². The summed E-state index contributed by atoms with van der Waals surface area (Å²) in [5.41, 5.74) is 0.198. The second-order valence-corrected chi connectivity index (χ2v) is 7.60. The van der Waals surface area contributed by atoms with E-state index in [-0.39, 0.29) is 32.5 Å². The first kappa shape index (κ1) is 21.5. The van der Waals surface area contributed by atoms with Crippen LogP contribution in [0.15, 0.2) is 41.3 Å². The Bertz CT molecular complexity index is 1010. The van der Waals surface area contributed by atoms with Crippen LogP contribution >= 0.6 is 11.6 Å². The molecule has 28 heavy (non-hydrogen) atoms. The lowest BCUT2D eigenvalue weighted by molar-refractivity contribution is 0.0600.